The summed E-state index contributed by atoms with van der Waals surface area (Å²) in [6, 6.07) is 28.0. The van der Waals surface area contributed by atoms with E-state index in [2.05, 4.69) is 41.5 Å². The summed E-state index contributed by atoms with van der Waals surface area (Å²) in [5, 5.41) is 3.06. The molecule has 148 valence electrons. The number of hydrogen-bond acceptors (Lipinski definition) is 3. The molecule has 29 heavy (non-hydrogen) atoms. The lowest BCUT2D eigenvalue weighted by molar-refractivity contribution is 0.0951. The van der Waals surface area contributed by atoms with E-state index in [9.17, 15) is 4.79 Å². The molecule has 0 fully saturated rings. The third-order valence-electron chi connectivity index (χ3n) is 5.13. The number of benzodiazepines with no additional fused rings is 1. The van der Waals surface area contributed by atoms with Crippen molar-refractivity contribution >= 4 is 29.7 Å². The van der Waals surface area contributed by atoms with Crippen LogP contribution in [0.5, 0.6) is 0 Å². The number of hydrogen-bond donors (Lipinski definition) is 1. The van der Waals surface area contributed by atoms with Crippen LogP contribution in [0.25, 0.3) is 0 Å². The van der Waals surface area contributed by atoms with Gasteiger partial charge < -0.3 is 10.2 Å². The molecule has 4 nitrogen and oxygen atoms in total. The molecule has 1 atom stereocenters. The zero-order valence-corrected chi connectivity index (χ0v) is 17.1. The maximum absolute atomic E-state index is 12.4. The third-order valence-corrected chi connectivity index (χ3v) is 5.13. The number of para-hydroxylation sites is 1. The first-order chi connectivity index (χ1) is 13.7. The lowest BCUT2D eigenvalue weighted by Gasteiger charge is -2.28. The number of rotatable bonds is 4. The highest BCUT2D eigenvalue weighted by atomic mass is 35.5. The van der Waals surface area contributed by atoms with E-state index in [1.165, 1.54) is 0 Å². The molecule has 4 rings (SSSR count). The minimum Gasteiger partial charge on any atom is -0.367 e. The molecular formula is C24H24ClN3O. The number of nitrogens with zero attached hydrogens (tertiary/aromatic N) is 2. The van der Waals surface area contributed by atoms with E-state index in [0.717, 1.165) is 22.5 Å². The molecule has 1 aliphatic heterocycles. The minimum absolute atomic E-state index is 0. The standard InChI is InChI=1S/C24H23N3O.ClH/c1-27-20(17-26-24(28)19-12-6-3-7-13-19)16-25-23(18-10-4-2-5-11-18)21-14-8-9-15-22(21)27;/h2-15,20H,16-17H2,1H3,(H,26,28);1H. The lowest BCUT2D eigenvalue weighted by Crippen LogP contribution is -2.43. The van der Waals surface area contributed by atoms with Gasteiger partial charge in [-0.3, -0.25) is 9.79 Å². The second-order valence-corrected chi connectivity index (χ2v) is 6.91. The Morgan fingerprint density at radius 3 is 2.31 bits per heavy atom. The molecular weight excluding hydrogens is 382 g/mol. The first-order valence-corrected chi connectivity index (χ1v) is 9.49. The quantitative estimate of drug-likeness (QED) is 0.707. The lowest BCUT2D eigenvalue weighted by atomic mass is 10.0. The van der Waals surface area contributed by atoms with Gasteiger partial charge in [-0.15, -0.1) is 12.4 Å². The summed E-state index contributed by atoms with van der Waals surface area (Å²) in [5.74, 6) is -0.0567. The molecule has 1 unspecified atom stereocenters. The molecule has 1 aliphatic rings. The number of fused-ring (bicyclic) bond motifs is 1. The zero-order chi connectivity index (χ0) is 19.3. The van der Waals surface area contributed by atoms with E-state index in [4.69, 9.17) is 4.99 Å². The van der Waals surface area contributed by atoms with Crippen molar-refractivity contribution in [1.29, 1.82) is 0 Å². The molecule has 0 bridgehead atoms. The van der Waals surface area contributed by atoms with E-state index in [-0.39, 0.29) is 24.4 Å². The van der Waals surface area contributed by atoms with Crippen LogP contribution in [-0.2, 0) is 0 Å². The predicted molar refractivity (Wildman–Crippen MR) is 122 cm³/mol. The molecule has 3 aromatic carbocycles. The van der Waals surface area contributed by atoms with Crippen molar-refractivity contribution in [2.75, 3.05) is 25.0 Å². The van der Waals surface area contributed by atoms with Gasteiger partial charge in [0.2, 0.25) is 0 Å². The van der Waals surface area contributed by atoms with Crippen molar-refractivity contribution in [2.45, 2.75) is 6.04 Å². The van der Waals surface area contributed by atoms with Crippen LogP contribution >= 0.6 is 12.4 Å². The van der Waals surface area contributed by atoms with Crippen molar-refractivity contribution in [1.82, 2.24) is 5.32 Å². The number of amides is 1. The van der Waals surface area contributed by atoms with Gasteiger partial charge in [-0.05, 0) is 18.2 Å². The highest BCUT2D eigenvalue weighted by molar-refractivity contribution is 6.16. The van der Waals surface area contributed by atoms with E-state index in [1.807, 2.05) is 60.7 Å². The highest BCUT2D eigenvalue weighted by Gasteiger charge is 2.24. The summed E-state index contributed by atoms with van der Waals surface area (Å²) >= 11 is 0. The van der Waals surface area contributed by atoms with Crippen molar-refractivity contribution < 1.29 is 4.79 Å². The van der Waals surface area contributed by atoms with E-state index >= 15 is 0 Å². The molecule has 3 aromatic rings. The van der Waals surface area contributed by atoms with Gasteiger partial charge in [-0.2, -0.15) is 0 Å². The molecule has 1 N–H and O–H groups in total. The third kappa shape index (κ3) is 4.49. The number of likely N-dealkylation sites (N-methyl/N-ethyl adjacent to an activating group) is 1. The molecule has 0 spiro atoms. The monoisotopic (exact) mass is 405 g/mol. The van der Waals surface area contributed by atoms with Gasteiger partial charge in [0, 0.05) is 36.0 Å². The van der Waals surface area contributed by atoms with Crippen LogP contribution in [0.15, 0.2) is 89.9 Å². The Balaban J connectivity index is 0.00000240. The zero-order valence-electron chi connectivity index (χ0n) is 16.3. The summed E-state index contributed by atoms with van der Waals surface area (Å²) in [6.45, 7) is 1.15. The number of halogens is 1. The van der Waals surface area contributed by atoms with Crippen LogP contribution in [0, 0.1) is 0 Å². The Bertz CT molecular complexity index is 989. The van der Waals surface area contributed by atoms with Gasteiger partial charge in [0.05, 0.1) is 18.3 Å². The van der Waals surface area contributed by atoms with Crippen LogP contribution < -0.4 is 10.2 Å². The van der Waals surface area contributed by atoms with Crippen LogP contribution in [-0.4, -0.2) is 37.8 Å². The second-order valence-electron chi connectivity index (χ2n) is 6.91. The normalized spacial score (nSPS) is 15.4. The SMILES string of the molecule is CN1c2ccccc2C(c2ccccc2)=NCC1CNC(=O)c1ccccc1.Cl. The molecule has 5 heteroatoms. The van der Waals surface area contributed by atoms with Crippen molar-refractivity contribution in [2.24, 2.45) is 4.99 Å². The molecule has 1 heterocycles. The fraction of sp³-hybridized carbons (Fsp3) is 0.167. The number of carbonyl (C=O) groups is 1. The van der Waals surface area contributed by atoms with Gasteiger partial charge in [0.15, 0.2) is 0 Å². The van der Waals surface area contributed by atoms with Crippen molar-refractivity contribution in [3.05, 3.63) is 102 Å². The Morgan fingerprint density at radius 1 is 0.966 bits per heavy atom. The maximum atomic E-state index is 12.4. The number of aliphatic imine (C=N–C) groups is 1. The number of nitrogens with one attached hydrogen (secondary N) is 1. The van der Waals surface area contributed by atoms with Gasteiger partial charge in [-0.1, -0.05) is 66.7 Å². The molecule has 0 aliphatic carbocycles. The molecule has 0 aromatic heterocycles. The van der Waals surface area contributed by atoms with Crippen LogP contribution in [0.1, 0.15) is 21.5 Å². The fourth-order valence-electron chi connectivity index (χ4n) is 3.53. The van der Waals surface area contributed by atoms with Crippen molar-refractivity contribution in [3.63, 3.8) is 0 Å². The summed E-state index contributed by atoms with van der Waals surface area (Å²) in [7, 11) is 2.07. The van der Waals surface area contributed by atoms with E-state index in [1.54, 1.807) is 0 Å². The number of benzene rings is 3. The molecule has 0 radical (unpaired) electrons. The Morgan fingerprint density at radius 2 is 1.59 bits per heavy atom. The summed E-state index contributed by atoms with van der Waals surface area (Å²) in [5.41, 5.74) is 5.03. The Kier molecular flexibility index (Phi) is 6.68. The van der Waals surface area contributed by atoms with Gasteiger partial charge in [0.25, 0.3) is 5.91 Å². The maximum Gasteiger partial charge on any atom is 0.251 e. The average molecular weight is 406 g/mol. The van der Waals surface area contributed by atoms with E-state index in [0.29, 0.717) is 18.7 Å². The van der Waals surface area contributed by atoms with E-state index < -0.39 is 0 Å². The smallest absolute Gasteiger partial charge is 0.251 e. The van der Waals surface area contributed by atoms with Crippen molar-refractivity contribution in [3.8, 4) is 0 Å². The Hall–Kier alpha value is -3.11. The largest absolute Gasteiger partial charge is 0.367 e. The first-order valence-electron chi connectivity index (χ1n) is 9.49. The van der Waals surface area contributed by atoms with Crippen LogP contribution in [0.3, 0.4) is 0 Å². The second kappa shape index (κ2) is 9.39. The van der Waals surface area contributed by atoms with Crippen LogP contribution in [0.4, 0.5) is 5.69 Å². The van der Waals surface area contributed by atoms with Gasteiger partial charge in [0.1, 0.15) is 0 Å². The van der Waals surface area contributed by atoms with Gasteiger partial charge >= 0.3 is 0 Å². The van der Waals surface area contributed by atoms with Crippen LogP contribution in [0.2, 0.25) is 0 Å². The minimum atomic E-state index is -0.0567. The topological polar surface area (TPSA) is 44.7 Å². The fourth-order valence-corrected chi connectivity index (χ4v) is 3.53. The van der Waals surface area contributed by atoms with Gasteiger partial charge in [-0.25, -0.2) is 0 Å². The molecule has 1 amide bonds. The predicted octanol–water partition coefficient (Wildman–Crippen LogP) is 4.19. The summed E-state index contributed by atoms with van der Waals surface area (Å²) in [4.78, 5) is 19.6. The highest BCUT2D eigenvalue weighted by Crippen LogP contribution is 2.27. The first kappa shape index (κ1) is 20.6. The summed E-state index contributed by atoms with van der Waals surface area (Å²) in [6.07, 6.45) is 0. The number of carbonyl (C=O) groups excluding carboxylic acids is 1. The summed E-state index contributed by atoms with van der Waals surface area (Å²) < 4.78 is 0. The molecule has 0 saturated heterocycles. The molecule has 0 saturated carbocycles. The number of anilines is 1. The average Bonchev–Trinajstić information content (AvgIpc) is 2.90. The Labute approximate surface area is 177 Å².